The molecule has 1 aromatic heterocycles. The summed E-state index contributed by atoms with van der Waals surface area (Å²) < 4.78 is 0. The van der Waals surface area contributed by atoms with Crippen LogP contribution in [-0.2, 0) is 0 Å². The van der Waals surface area contributed by atoms with E-state index in [9.17, 15) is 9.90 Å². The number of aliphatic hydroxyl groups is 1. The summed E-state index contributed by atoms with van der Waals surface area (Å²) >= 11 is 5.63. The number of carbonyl (C=O) groups excluding carboxylic acids is 1. The maximum atomic E-state index is 11.7. The summed E-state index contributed by atoms with van der Waals surface area (Å²) in [6, 6.07) is 2.94. The van der Waals surface area contributed by atoms with E-state index in [4.69, 9.17) is 11.6 Å². The van der Waals surface area contributed by atoms with Crippen LogP contribution in [0.2, 0.25) is 5.15 Å². The van der Waals surface area contributed by atoms with Crippen LogP contribution in [0.5, 0.6) is 0 Å². The molecule has 0 saturated carbocycles. The quantitative estimate of drug-likeness (QED) is 0.814. The lowest BCUT2D eigenvalue weighted by atomic mass is 10.1. The first kappa shape index (κ1) is 13.7. The Morgan fingerprint density at radius 2 is 2.24 bits per heavy atom. The number of aromatic nitrogens is 1. The van der Waals surface area contributed by atoms with Crippen molar-refractivity contribution in [3.05, 3.63) is 23.5 Å². The normalized spacial score (nSPS) is 11.1. The van der Waals surface area contributed by atoms with Crippen molar-refractivity contribution in [3.63, 3.8) is 0 Å². The maximum absolute atomic E-state index is 11.7. The molecule has 0 saturated heterocycles. The molecule has 2 amide bonds. The van der Waals surface area contributed by atoms with Crippen LogP contribution < -0.4 is 5.32 Å². The highest BCUT2D eigenvalue weighted by molar-refractivity contribution is 6.29. The fraction of sp³-hybridized carbons (Fsp3) is 0.455. The molecule has 0 bridgehead atoms. The summed E-state index contributed by atoms with van der Waals surface area (Å²) in [5, 5.41) is 12.6. The highest BCUT2D eigenvalue weighted by Gasteiger charge is 2.19. The Bertz CT molecular complexity index is 387. The molecule has 0 atom stereocenters. The number of likely N-dealkylation sites (N-methyl/N-ethyl adjacent to an activating group) is 1. The molecule has 0 aliphatic heterocycles. The predicted molar refractivity (Wildman–Crippen MR) is 67.2 cm³/mol. The average molecular weight is 258 g/mol. The van der Waals surface area contributed by atoms with Gasteiger partial charge in [-0.2, -0.15) is 0 Å². The number of hydrogen-bond acceptors (Lipinski definition) is 3. The van der Waals surface area contributed by atoms with Gasteiger partial charge in [-0.3, -0.25) is 0 Å². The summed E-state index contributed by atoms with van der Waals surface area (Å²) in [5.41, 5.74) is -0.369. The Kier molecular flexibility index (Phi) is 4.31. The largest absolute Gasteiger partial charge is 0.389 e. The first-order valence-electron chi connectivity index (χ1n) is 5.14. The molecule has 0 aliphatic carbocycles. The lowest BCUT2D eigenvalue weighted by Crippen LogP contribution is -2.41. The Morgan fingerprint density at radius 1 is 1.59 bits per heavy atom. The molecule has 0 unspecified atom stereocenters. The number of nitrogens with one attached hydrogen (secondary N) is 1. The lowest BCUT2D eigenvalue weighted by molar-refractivity contribution is 0.0550. The number of pyridine rings is 1. The number of anilines is 1. The number of carbonyl (C=O) groups is 1. The van der Waals surface area contributed by atoms with Crippen molar-refractivity contribution in [3.8, 4) is 0 Å². The number of amides is 2. The SMILES string of the molecule is CN(CC(C)(C)O)C(=O)Nc1ccc(Cl)nc1. The first-order chi connectivity index (χ1) is 7.78. The monoisotopic (exact) mass is 257 g/mol. The predicted octanol–water partition coefficient (Wildman–Crippen LogP) is 1.97. The second-order valence-electron chi connectivity index (χ2n) is 4.47. The van der Waals surface area contributed by atoms with E-state index in [1.165, 1.54) is 11.1 Å². The third kappa shape index (κ3) is 5.01. The van der Waals surface area contributed by atoms with Crippen LogP contribution in [0.3, 0.4) is 0 Å². The third-order valence-electron chi connectivity index (χ3n) is 1.95. The number of rotatable bonds is 3. The van der Waals surface area contributed by atoms with Crippen LogP contribution >= 0.6 is 11.6 Å². The van der Waals surface area contributed by atoms with Gasteiger partial charge in [0, 0.05) is 7.05 Å². The molecule has 1 heterocycles. The van der Waals surface area contributed by atoms with Gasteiger partial charge in [0.25, 0.3) is 0 Å². The topological polar surface area (TPSA) is 65.5 Å². The fourth-order valence-corrected chi connectivity index (χ4v) is 1.43. The van der Waals surface area contributed by atoms with Crippen molar-refractivity contribution in [2.75, 3.05) is 18.9 Å². The second-order valence-corrected chi connectivity index (χ2v) is 4.86. The van der Waals surface area contributed by atoms with Crippen LogP contribution in [0.25, 0.3) is 0 Å². The van der Waals surface area contributed by atoms with Gasteiger partial charge in [-0.1, -0.05) is 11.6 Å². The Balaban J connectivity index is 2.57. The standard InChI is InChI=1S/C11H16ClN3O2/c1-11(2,17)7-15(3)10(16)14-8-4-5-9(12)13-6-8/h4-6,17H,7H2,1-3H3,(H,14,16). The number of halogens is 1. The van der Waals surface area contributed by atoms with Crippen molar-refractivity contribution in [1.82, 2.24) is 9.88 Å². The molecular weight excluding hydrogens is 242 g/mol. The van der Waals surface area contributed by atoms with Crippen molar-refractivity contribution < 1.29 is 9.90 Å². The minimum absolute atomic E-state index is 0.236. The minimum atomic E-state index is -0.926. The summed E-state index contributed by atoms with van der Waals surface area (Å²) in [7, 11) is 1.61. The van der Waals surface area contributed by atoms with Gasteiger partial charge in [-0.05, 0) is 26.0 Å². The van der Waals surface area contributed by atoms with Crippen LogP contribution in [0, 0.1) is 0 Å². The zero-order valence-corrected chi connectivity index (χ0v) is 10.8. The number of nitrogens with zero attached hydrogens (tertiary/aromatic N) is 2. The Labute approximate surface area is 105 Å². The van der Waals surface area contributed by atoms with Crippen molar-refractivity contribution in [1.29, 1.82) is 0 Å². The fourth-order valence-electron chi connectivity index (χ4n) is 1.32. The smallest absolute Gasteiger partial charge is 0.321 e. The van der Waals surface area contributed by atoms with E-state index in [1.54, 1.807) is 33.0 Å². The van der Waals surface area contributed by atoms with E-state index >= 15 is 0 Å². The highest BCUT2D eigenvalue weighted by Crippen LogP contribution is 2.11. The molecule has 2 N–H and O–H groups in total. The maximum Gasteiger partial charge on any atom is 0.321 e. The molecule has 94 valence electrons. The van der Waals surface area contributed by atoms with Gasteiger partial charge >= 0.3 is 6.03 Å². The molecule has 0 fully saturated rings. The zero-order chi connectivity index (χ0) is 13.1. The number of hydrogen-bond donors (Lipinski definition) is 2. The first-order valence-corrected chi connectivity index (χ1v) is 5.52. The van der Waals surface area contributed by atoms with E-state index < -0.39 is 5.60 Å². The third-order valence-corrected chi connectivity index (χ3v) is 2.17. The average Bonchev–Trinajstić information content (AvgIpc) is 2.19. The van der Waals surface area contributed by atoms with E-state index in [-0.39, 0.29) is 12.6 Å². The summed E-state index contributed by atoms with van der Waals surface area (Å²) in [4.78, 5) is 17.0. The van der Waals surface area contributed by atoms with Crippen molar-refractivity contribution in [2.24, 2.45) is 0 Å². The molecule has 17 heavy (non-hydrogen) atoms. The van der Waals surface area contributed by atoms with Gasteiger partial charge < -0.3 is 15.3 Å². The van der Waals surface area contributed by atoms with E-state index in [0.29, 0.717) is 10.8 Å². The second kappa shape index (κ2) is 5.33. The summed E-state index contributed by atoms with van der Waals surface area (Å²) in [6.07, 6.45) is 1.47. The molecular formula is C11H16ClN3O2. The van der Waals surface area contributed by atoms with Gasteiger partial charge in [0.15, 0.2) is 0 Å². The van der Waals surface area contributed by atoms with Gasteiger partial charge in [-0.25, -0.2) is 9.78 Å². The van der Waals surface area contributed by atoms with Crippen LogP contribution in [0.4, 0.5) is 10.5 Å². The molecule has 1 rings (SSSR count). The van der Waals surface area contributed by atoms with Gasteiger partial charge in [-0.15, -0.1) is 0 Å². The van der Waals surface area contributed by atoms with Crippen LogP contribution in [-0.4, -0.2) is 40.2 Å². The molecule has 5 nitrogen and oxygen atoms in total. The van der Waals surface area contributed by atoms with Crippen LogP contribution in [0.1, 0.15) is 13.8 Å². The van der Waals surface area contributed by atoms with Gasteiger partial charge in [0.1, 0.15) is 5.15 Å². The van der Waals surface area contributed by atoms with Crippen molar-refractivity contribution in [2.45, 2.75) is 19.4 Å². The summed E-state index contributed by atoms with van der Waals surface area (Å²) in [5.74, 6) is 0. The number of urea groups is 1. The zero-order valence-electron chi connectivity index (χ0n) is 10.1. The van der Waals surface area contributed by atoms with Crippen molar-refractivity contribution >= 4 is 23.3 Å². The molecule has 6 heteroatoms. The highest BCUT2D eigenvalue weighted by atomic mass is 35.5. The Morgan fingerprint density at radius 3 is 2.71 bits per heavy atom. The minimum Gasteiger partial charge on any atom is -0.389 e. The summed E-state index contributed by atoms with van der Waals surface area (Å²) in [6.45, 7) is 3.51. The molecule has 0 aromatic carbocycles. The van der Waals surface area contributed by atoms with Gasteiger partial charge in [0.05, 0.1) is 24.0 Å². The van der Waals surface area contributed by atoms with Gasteiger partial charge in [0.2, 0.25) is 0 Å². The molecule has 0 aliphatic rings. The molecule has 1 aromatic rings. The van der Waals surface area contributed by atoms with Crippen LogP contribution in [0.15, 0.2) is 18.3 Å². The van der Waals surface area contributed by atoms with E-state index in [1.807, 2.05) is 0 Å². The molecule has 0 radical (unpaired) electrons. The lowest BCUT2D eigenvalue weighted by Gasteiger charge is -2.25. The van der Waals surface area contributed by atoms with E-state index in [2.05, 4.69) is 10.3 Å². The molecule has 0 spiro atoms. The Hall–Kier alpha value is -1.33. The van der Waals surface area contributed by atoms with E-state index in [0.717, 1.165) is 0 Å².